The van der Waals surface area contributed by atoms with Crippen molar-refractivity contribution in [3.05, 3.63) is 86.5 Å². The lowest BCUT2D eigenvalue weighted by atomic mass is 10.1. The molecule has 10 heteroatoms. The van der Waals surface area contributed by atoms with E-state index >= 15 is 0 Å². The van der Waals surface area contributed by atoms with Gasteiger partial charge in [0.25, 0.3) is 10.0 Å². The van der Waals surface area contributed by atoms with E-state index in [1.807, 2.05) is 19.9 Å². The number of aryl methyl sites for hydroxylation is 3. The van der Waals surface area contributed by atoms with E-state index in [4.69, 9.17) is 11.6 Å². The van der Waals surface area contributed by atoms with E-state index in [2.05, 4.69) is 5.32 Å². The number of nitrogens with zero attached hydrogens (tertiary/aromatic N) is 2. The molecule has 1 heterocycles. The van der Waals surface area contributed by atoms with Gasteiger partial charge in [0.05, 0.1) is 20.8 Å². The molecule has 7 nitrogen and oxygen atoms in total. The highest BCUT2D eigenvalue weighted by molar-refractivity contribution is 7.92. The Morgan fingerprint density at radius 2 is 1.74 bits per heavy atom. The number of amides is 1. The first-order chi connectivity index (χ1) is 16.1. The zero-order valence-electron chi connectivity index (χ0n) is 18.7. The number of rotatable bonds is 6. The highest BCUT2D eigenvalue weighted by atomic mass is 35.5. The van der Waals surface area contributed by atoms with Gasteiger partial charge in [-0.3, -0.25) is 13.9 Å². The van der Waals surface area contributed by atoms with Crippen molar-refractivity contribution < 1.29 is 13.2 Å². The second kappa shape index (κ2) is 9.25. The Morgan fingerprint density at radius 1 is 1.03 bits per heavy atom. The molecule has 1 amide bonds. The fraction of sp³-hybridized carbons (Fsp3) is 0.167. The number of fused-ring (bicyclic) bond motifs is 1. The van der Waals surface area contributed by atoms with Gasteiger partial charge in [-0.2, -0.15) is 0 Å². The number of benzene rings is 3. The monoisotopic (exact) mass is 515 g/mol. The van der Waals surface area contributed by atoms with Crippen LogP contribution in [-0.2, 0) is 21.9 Å². The normalized spacial score (nSPS) is 11.5. The Labute approximate surface area is 206 Å². The minimum atomic E-state index is -4.05. The number of halogens is 1. The molecule has 0 spiro atoms. The molecule has 0 bridgehead atoms. The molecule has 176 valence electrons. The van der Waals surface area contributed by atoms with E-state index in [-0.39, 0.29) is 9.77 Å². The molecule has 1 aromatic heterocycles. The van der Waals surface area contributed by atoms with Gasteiger partial charge in [0, 0.05) is 17.8 Å². The Hall–Kier alpha value is -3.14. The summed E-state index contributed by atoms with van der Waals surface area (Å²) in [4.78, 5) is 24.8. The summed E-state index contributed by atoms with van der Waals surface area (Å²) in [6, 6.07) is 16.2. The average Bonchev–Trinajstić information content (AvgIpc) is 3.07. The molecule has 4 rings (SSSR count). The van der Waals surface area contributed by atoms with Crippen molar-refractivity contribution in [2.24, 2.45) is 7.05 Å². The molecule has 3 aromatic carbocycles. The number of carbonyl (C=O) groups is 1. The van der Waals surface area contributed by atoms with Crippen molar-refractivity contribution >= 4 is 60.5 Å². The molecule has 0 atom stereocenters. The quantitative estimate of drug-likeness (QED) is 0.403. The first-order valence-electron chi connectivity index (χ1n) is 10.3. The van der Waals surface area contributed by atoms with Crippen LogP contribution in [0.2, 0.25) is 5.02 Å². The van der Waals surface area contributed by atoms with Crippen molar-refractivity contribution in [2.75, 3.05) is 16.2 Å². The van der Waals surface area contributed by atoms with Crippen molar-refractivity contribution in [2.45, 2.75) is 18.7 Å². The van der Waals surface area contributed by atoms with Crippen LogP contribution in [0.5, 0.6) is 0 Å². The molecule has 0 unspecified atom stereocenters. The maximum atomic E-state index is 13.5. The van der Waals surface area contributed by atoms with E-state index in [1.54, 1.807) is 37.4 Å². The Morgan fingerprint density at radius 3 is 2.41 bits per heavy atom. The Bertz CT molecular complexity index is 1560. The highest BCUT2D eigenvalue weighted by Gasteiger charge is 2.27. The summed E-state index contributed by atoms with van der Waals surface area (Å²) in [5, 5.41) is 3.16. The van der Waals surface area contributed by atoms with Crippen LogP contribution >= 0.6 is 22.9 Å². The lowest BCUT2D eigenvalue weighted by Crippen LogP contribution is -2.38. The SMILES string of the molecule is Cc1ccc(N(CC(=O)Nc2ccc3c(c2)sc(=O)n3C)S(=O)(=O)c2ccc(Cl)cc2)cc1C. The van der Waals surface area contributed by atoms with E-state index in [0.717, 1.165) is 37.0 Å². The van der Waals surface area contributed by atoms with E-state index in [9.17, 15) is 18.0 Å². The summed E-state index contributed by atoms with van der Waals surface area (Å²) in [7, 11) is -2.37. The minimum Gasteiger partial charge on any atom is -0.324 e. The lowest BCUT2D eigenvalue weighted by molar-refractivity contribution is -0.114. The van der Waals surface area contributed by atoms with Crippen molar-refractivity contribution in [3.8, 4) is 0 Å². The van der Waals surface area contributed by atoms with Gasteiger partial charge >= 0.3 is 4.87 Å². The van der Waals surface area contributed by atoms with E-state index < -0.39 is 22.5 Å². The van der Waals surface area contributed by atoms with Crippen LogP contribution in [0.1, 0.15) is 11.1 Å². The third-order valence-corrected chi connectivity index (χ3v) is 8.58. The lowest BCUT2D eigenvalue weighted by Gasteiger charge is -2.25. The summed E-state index contributed by atoms with van der Waals surface area (Å²) < 4.78 is 30.4. The topological polar surface area (TPSA) is 88.5 Å². The molecule has 0 aliphatic carbocycles. The number of sulfonamides is 1. The van der Waals surface area contributed by atoms with Gasteiger partial charge in [-0.15, -0.1) is 0 Å². The van der Waals surface area contributed by atoms with E-state index in [1.165, 1.54) is 28.8 Å². The fourth-order valence-corrected chi connectivity index (χ4v) is 5.93. The van der Waals surface area contributed by atoms with Crippen LogP contribution in [0.3, 0.4) is 0 Å². The second-order valence-corrected chi connectivity index (χ2v) is 11.2. The highest BCUT2D eigenvalue weighted by Crippen LogP contribution is 2.27. The van der Waals surface area contributed by atoms with Gasteiger partial charge in [0.1, 0.15) is 6.54 Å². The van der Waals surface area contributed by atoms with Crippen LogP contribution < -0.4 is 14.5 Å². The smallest absolute Gasteiger partial charge is 0.307 e. The molecule has 0 radical (unpaired) electrons. The molecular weight excluding hydrogens is 494 g/mol. The zero-order valence-corrected chi connectivity index (χ0v) is 21.1. The largest absolute Gasteiger partial charge is 0.324 e. The van der Waals surface area contributed by atoms with Crippen LogP contribution in [-0.4, -0.2) is 25.4 Å². The zero-order chi connectivity index (χ0) is 24.6. The molecule has 0 fully saturated rings. The molecule has 0 saturated carbocycles. The molecule has 0 saturated heterocycles. The van der Waals surface area contributed by atoms with Crippen molar-refractivity contribution in [3.63, 3.8) is 0 Å². The van der Waals surface area contributed by atoms with Gasteiger partial charge in [0.15, 0.2) is 0 Å². The van der Waals surface area contributed by atoms with Gasteiger partial charge in [-0.05, 0) is 79.6 Å². The maximum absolute atomic E-state index is 13.5. The average molecular weight is 516 g/mol. The molecule has 0 aliphatic rings. The van der Waals surface area contributed by atoms with E-state index in [0.29, 0.717) is 16.4 Å². The van der Waals surface area contributed by atoms with Gasteiger partial charge in [0.2, 0.25) is 5.91 Å². The fourth-order valence-electron chi connectivity index (χ4n) is 3.47. The predicted octanol–water partition coefficient (Wildman–Crippen LogP) is 4.70. The number of aromatic nitrogens is 1. The number of carbonyl (C=O) groups excluding carboxylic acids is 1. The number of hydrogen-bond donors (Lipinski definition) is 1. The summed E-state index contributed by atoms with van der Waals surface area (Å²) >= 11 is 7.01. The minimum absolute atomic E-state index is 0.0263. The van der Waals surface area contributed by atoms with Crippen LogP contribution in [0.25, 0.3) is 10.2 Å². The van der Waals surface area contributed by atoms with Crippen molar-refractivity contribution in [1.82, 2.24) is 4.57 Å². The number of thiazole rings is 1. The first-order valence-corrected chi connectivity index (χ1v) is 12.9. The maximum Gasteiger partial charge on any atom is 0.307 e. The Kier molecular flexibility index (Phi) is 6.53. The third-order valence-electron chi connectivity index (χ3n) is 5.54. The molecular formula is C24H22ClN3O4S2. The van der Waals surface area contributed by atoms with Crippen LogP contribution in [0.4, 0.5) is 11.4 Å². The summed E-state index contributed by atoms with van der Waals surface area (Å²) in [5.74, 6) is -0.515. The summed E-state index contributed by atoms with van der Waals surface area (Å²) in [5.41, 5.74) is 3.52. The number of hydrogen-bond acceptors (Lipinski definition) is 5. The van der Waals surface area contributed by atoms with Gasteiger partial charge in [-0.25, -0.2) is 8.42 Å². The van der Waals surface area contributed by atoms with Gasteiger partial charge in [-0.1, -0.05) is 29.0 Å². The van der Waals surface area contributed by atoms with Crippen LogP contribution in [0.15, 0.2) is 70.4 Å². The first kappa shape index (κ1) is 24.0. The second-order valence-electron chi connectivity index (χ2n) is 7.89. The third kappa shape index (κ3) is 4.72. The molecule has 4 aromatic rings. The number of nitrogens with one attached hydrogen (secondary N) is 1. The number of anilines is 2. The molecule has 1 N–H and O–H groups in total. The summed E-state index contributed by atoms with van der Waals surface area (Å²) in [6.07, 6.45) is 0. The summed E-state index contributed by atoms with van der Waals surface area (Å²) in [6.45, 7) is 3.38. The predicted molar refractivity (Wildman–Crippen MR) is 138 cm³/mol. The van der Waals surface area contributed by atoms with Crippen LogP contribution in [0, 0.1) is 13.8 Å². The van der Waals surface area contributed by atoms with Crippen molar-refractivity contribution in [1.29, 1.82) is 0 Å². The molecule has 34 heavy (non-hydrogen) atoms. The molecule has 0 aliphatic heterocycles. The van der Waals surface area contributed by atoms with Gasteiger partial charge < -0.3 is 9.88 Å². The Balaban J connectivity index is 1.67. The standard InChI is InChI=1S/C24H22ClN3O4S2/c1-15-4-8-19(12-16(15)2)28(34(31,32)20-9-5-17(25)6-10-20)14-23(29)26-18-7-11-21-22(13-18)33-24(30)27(21)3/h4-13H,14H2,1-3H3,(H,26,29).